The Balaban J connectivity index is 2.66. The van der Waals surface area contributed by atoms with Gasteiger partial charge in [0.2, 0.25) is 0 Å². The summed E-state index contributed by atoms with van der Waals surface area (Å²) in [6.45, 7) is 9.51. The van der Waals surface area contributed by atoms with Crippen LogP contribution in [0.1, 0.15) is 177 Å². The summed E-state index contributed by atoms with van der Waals surface area (Å²) in [6, 6.07) is 3.18. The summed E-state index contributed by atoms with van der Waals surface area (Å²) in [7, 11) is 0. The Bertz CT molecular complexity index is 754. The third-order valence-corrected chi connectivity index (χ3v) is 7.58. The second-order valence-electron chi connectivity index (χ2n) is 11.3. The molecule has 0 unspecified atom stereocenters. The quantitative estimate of drug-likeness (QED) is 0.0714. The number of hydrogen-bond donors (Lipinski definition) is 0. The molecule has 242 valence electrons. The first-order valence-electron chi connectivity index (χ1n) is 17.4. The summed E-state index contributed by atoms with van der Waals surface area (Å²) < 4.78 is 22.7. The molecular formula is C36H62O6. The average molecular weight is 591 g/mol. The van der Waals surface area contributed by atoms with Crippen LogP contribution in [-0.2, 0) is 9.47 Å². The fourth-order valence-corrected chi connectivity index (χ4v) is 5.08. The van der Waals surface area contributed by atoms with Crippen molar-refractivity contribution < 1.29 is 28.5 Å². The van der Waals surface area contributed by atoms with Gasteiger partial charge in [0.1, 0.15) is 22.6 Å². The van der Waals surface area contributed by atoms with Crippen LogP contribution in [0.15, 0.2) is 12.1 Å². The number of ether oxygens (including phenoxy) is 4. The average Bonchev–Trinajstić information content (AvgIpc) is 2.99. The van der Waals surface area contributed by atoms with Gasteiger partial charge >= 0.3 is 11.9 Å². The van der Waals surface area contributed by atoms with Gasteiger partial charge in [-0.15, -0.1) is 0 Å². The molecule has 0 spiro atoms. The highest BCUT2D eigenvalue weighted by Gasteiger charge is 2.23. The highest BCUT2D eigenvalue weighted by Crippen LogP contribution is 2.31. The number of carbonyl (C=O) groups is 2. The van der Waals surface area contributed by atoms with Gasteiger partial charge in [-0.3, -0.25) is 0 Å². The molecule has 0 aliphatic rings. The molecule has 1 aromatic carbocycles. The number of benzene rings is 1. The van der Waals surface area contributed by atoms with Crippen molar-refractivity contribution in [2.45, 2.75) is 156 Å². The summed E-state index contributed by atoms with van der Waals surface area (Å²) in [6.07, 6.45) is 24.7. The van der Waals surface area contributed by atoms with Crippen molar-refractivity contribution in [1.29, 1.82) is 0 Å². The first-order chi connectivity index (χ1) is 20.6. The summed E-state index contributed by atoms with van der Waals surface area (Å²) in [5.74, 6) is -0.262. The van der Waals surface area contributed by atoms with E-state index in [4.69, 9.17) is 18.9 Å². The van der Waals surface area contributed by atoms with Gasteiger partial charge in [0.05, 0.1) is 26.4 Å². The smallest absolute Gasteiger partial charge is 0.342 e. The van der Waals surface area contributed by atoms with Gasteiger partial charge in [0.15, 0.2) is 0 Å². The Morgan fingerprint density at radius 2 is 0.738 bits per heavy atom. The molecule has 0 fully saturated rings. The van der Waals surface area contributed by atoms with Gasteiger partial charge in [-0.05, 0) is 38.8 Å². The third kappa shape index (κ3) is 17.7. The van der Waals surface area contributed by atoms with Gasteiger partial charge in [-0.25, -0.2) is 9.59 Å². The molecule has 0 aliphatic carbocycles. The van der Waals surface area contributed by atoms with E-state index in [9.17, 15) is 9.59 Å². The van der Waals surface area contributed by atoms with Gasteiger partial charge in [-0.2, -0.15) is 0 Å². The molecule has 0 aliphatic heterocycles. The Morgan fingerprint density at radius 3 is 1.02 bits per heavy atom. The lowest BCUT2D eigenvalue weighted by Gasteiger charge is -2.16. The second kappa shape index (κ2) is 26.4. The van der Waals surface area contributed by atoms with Crippen molar-refractivity contribution in [2.24, 2.45) is 0 Å². The zero-order chi connectivity index (χ0) is 30.7. The molecule has 0 saturated carbocycles. The Labute approximate surface area is 257 Å². The maximum Gasteiger partial charge on any atom is 0.342 e. The fourth-order valence-electron chi connectivity index (χ4n) is 5.08. The number of unbranched alkanes of at least 4 members (excludes halogenated alkanes) is 18. The van der Waals surface area contributed by atoms with Crippen LogP contribution >= 0.6 is 0 Å². The van der Waals surface area contributed by atoms with Crippen LogP contribution in [0.25, 0.3) is 0 Å². The molecule has 0 saturated heterocycles. The molecular weight excluding hydrogens is 528 g/mol. The lowest BCUT2D eigenvalue weighted by molar-refractivity contribution is 0.0503. The van der Waals surface area contributed by atoms with Crippen LogP contribution in [-0.4, -0.2) is 38.4 Å². The van der Waals surface area contributed by atoms with Crippen molar-refractivity contribution >= 4 is 11.9 Å². The van der Waals surface area contributed by atoms with Gasteiger partial charge in [0, 0.05) is 0 Å². The Hall–Kier alpha value is -2.24. The van der Waals surface area contributed by atoms with Crippen molar-refractivity contribution in [1.82, 2.24) is 0 Å². The van der Waals surface area contributed by atoms with Gasteiger partial charge in [0.25, 0.3) is 0 Å². The molecule has 0 aromatic heterocycles. The van der Waals surface area contributed by atoms with E-state index in [1.54, 1.807) is 26.0 Å². The molecule has 0 amide bonds. The minimum atomic E-state index is -0.477. The van der Waals surface area contributed by atoms with Crippen LogP contribution in [0.3, 0.4) is 0 Å². The van der Waals surface area contributed by atoms with Crippen LogP contribution < -0.4 is 9.47 Å². The van der Waals surface area contributed by atoms with E-state index < -0.39 is 11.9 Å². The number of hydrogen-bond acceptors (Lipinski definition) is 6. The predicted molar refractivity (Wildman–Crippen MR) is 173 cm³/mol. The highest BCUT2D eigenvalue weighted by molar-refractivity contribution is 5.98. The molecule has 6 heteroatoms. The first-order valence-corrected chi connectivity index (χ1v) is 17.4. The lowest BCUT2D eigenvalue weighted by atomic mass is 10.1. The second-order valence-corrected chi connectivity index (χ2v) is 11.3. The van der Waals surface area contributed by atoms with Crippen LogP contribution in [0, 0.1) is 0 Å². The van der Waals surface area contributed by atoms with Crippen molar-refractivity contribution in [3.63, 3.8) is 0 Å². The van der Waals surface area contributed by atoms with E-state index in [2.05, 4.69) is 13.8 Å². The SMILES string of the molecule is CCCCCCCCCCCCOc1cc(C(=O)OCC)c(OCCCCCCCCCCCC)cc1C(=O)OCC. The minimum Gasteiger partial charge on any atom is -0.493 e. The van der Waals surface area contributed by atoms with Gasteiger partial charge < -0.3 is 18.9 Å². The normalized spacial score (nSPS) is 11.0. The van der Waals surface area contributed by atoms with Gasteiger partial charge in [-0.1, -0.05) is 129 Å². The standard InChI is InChI=1S/C36H62O6/c1-5-9-11-13-15-17-19-21-23-25-27-41-33-29-32(36(38)40-8-4)34(30-31(33)35(37)39-7-3)42-28-26-24-22-20-18-16-14-12-10-6-2/h29-30H,5-28H2,1-4H3. The fraction of sp³-hybridized carbons (Fsp3) is 0.778. The van der Waals surface area contributed by atoms with E-state index in [1.165, 1.54) is 103 Å². The van der Waals surface area contributed by atoms with Crippen molar-refractivity contribution in [3.8, 4) is 11.5 Å². The molecule has 0 heterocycles. The zero-order valence-electron chi connectivity index (χ0n) is 27.6. The predicted octanol–water partition coefficient (Wildman–Crippen LogP) is 10.6. The monoisotopic (exact) mass is 590 g/mol. The lowest BCUT2D eigenvalue weighted by Crippen LogP contribution is -2.14. The molecule has 1 aromatic rings. The topological polar surface area (TPSA) is 71.1 Å². The van der Waals surface area contributed by atoms with E-state index in [0.29, 0.717) is 24.7 Å². The van der Waals surface area contributed by atoms with E-state index in [0.717, 1.165) is 25.7 Å². The number of rotatable bonds is 28. The van der Waals surface area contributed by atoms with E-state index in [1.807, 2.05) is 0 Å². The van der Waals surface area contributed by atoms with E-state index >= 15 is 0 Å². The van der Waals surface area contributed by atoms with E-state index in [-0.39, 0.29) is 24.3 Å². The molecule has 0 radical (unpaired) electrons. The molecule has 6 nitrogen and oxygen atoms in total. The van der Waals surface area contributed by atoms with Crippen molar-refractivity contribution in [3.05, 3.63) is 23.3 Å². The number of esters is 2. The van der Waals surface area contributed by atoms with Crippen molar-refractivity contribution in [2.75, 3.05) is 26.4 Å². The largest absolute Gasteiger partial charge is 0.493 e. The summed E-state index contributed by atoms with van der Waals surface area (Å²) in [5.41, 5.74) is 0.574. The molecule has 42 heavy (non-hydrogen) atoms. The molecule has 0 atom stereocenters. The maximum atomic E-state index is 12.8. The minimum absolute atomic E-state index is 0.255. The summed E-state index contributed by atoms with van der Waals surface area (Å²) >= 11 is 0. The zero-order valence-corrected chi connectivity index (χ0v) is 27.6. The highest BCUT2D eigenvalue weighted by atomic mass is 16.5. The molecule has 0 bridgehead atoms. The number of carbonyl (C=O) groups excluding carboxylic acids is 2. The Kier molecular flexibility index (Phi) is 23.7. The third-order valence-electron chi connectivity index (χ3n) is 7.58. The Morgan fingerprint density at radius 1 is 0.452 bits per heavy atom. The maximum absolute atomic E-state index is 12.8. The first kappa shape index (κ1) is 37.8. The van der Waals surface area contributed by atoms with Crippen LogP contribution in [0.2, 0.25) is 0 Å². The molecule has 1 rings (SSSR count). The summed E-state index contributed by atoms with van der Waals surface area (Å²) in [5, 5.41) is 0. The van der Waals surface area contributed by atoms with Crippen LogP contribution in [0.4, 0.5) is 0 Å². The summed E-state index contributed by atoms with van der Waals surface area (Å²) in [4.78, 5) is 25.6. The molecule has 0 N–H and O–H groups in total. The van der Waals surface area contributed by atoms with Crippen LogP contribution in [0.5, 0.6) is 11.5 Å².